The van der Waals surface area contributed by atoms with Crippen molar-refractivity contribution in [2.45, 2.75) is 33.3 Å². The van der Waals surface area contributed by atoms with Gasteiger partial charge >= 0.3 is 12.1 Å². The van der Waals surface area contributed by atoms with Gasteiger partial charge in [0.2, 0.25) is 0 Å². The molecule has 0 aromatic heterocycles. The van der Waals surface area contributed by atoms with Gasteiger partial charge in [-0.25, -0.2) is 9.59 Å². The highest BCUT2D eigenvalue weighted by molar-refractivity contribution is 5.90. The summed E-state index contributed by atoms with van der Waals surface area (Å²) in [4.78, 5) is 22.8. The Labute approximate surface area is 118 Å². The smallest absolute Gasteiger partial charge is 0.412 e. The molecule has 0 fully saturated rings. The second-order valence-corrected chi connectivity index (χ2v) is 4.92. The van der Waals surface area contributed by atoms with Gasteiger partial charge in [0, 0.05) is 17.7 Å². The molecular formula is C15H17NO4. The number of hydrogen-bond donors (Lipinski definition) is 1. The largest absolute Gasteiger partial charge is 0.444 e. The van der Waals surface area contributed by atoms with Crippen LogP contribution in [0, 0.1) is 11.8 Å². The van der Waals surface area contributed by atoms with Crippen molar-refractivity contribution >= 4 is 17.7 Å². The Kier molecular flexibility index (Phi) is 5.15. The number of amides is 1. The monoisotopic (exact) mass is 275 g/mol. The predicted molar refractivity (Wildman–Crippen MR) is 75.4 cm³/mol. The zero-order valence-electron chi connectivity index (χ0n) is 11.9. The Hall–Kier alpha value is -2.48. The van der Waals surface area contributed by atoms with Crippen molar-refractivity contribution in [1.82, 2.24) is 0 Å². The standard InChI is InChI=1S/C15H17NO4/c1-5-7-13(17)19-12-9-6-8-11(10-12)16-14(18)20-15(2,3)4/h6,8-10H,1-4H3,(H,16,18). The Morgan fingerprint density at radius 3 is 2.55 bits per heavy atom. The van der Waals surface area contributed by atoms with E-state index in [-0.39, 0.29) is 0 Å². The number of nitrogens with one attached hydrogen (secondary N) is 1. The molecule has 1 aromatic rings. The molecule has 5 heteroatoms. The van der Waals surface area contributed by atoms with Gasteiger partial charge in [-0.3, -0.25) is 5.32 Å². The summed E-state index contributed by atoms with van der Waals surface area (Å²) in [5.74, 6) is 4.35. The van der Waals surface area contributed by atoms with Crippen LogP contribution in [0.15, 0.2) is 24.3 Å². The maximum absolute atomic E-state index is 11.6. The zero-order chi connectivity index (χ0) is 15.2. The van der Waals surface area contributed by atoms with Crippen molar-refractivity contribution in [1.29, 1.82) is 0 Å². The van der Waals surface area contributed by atoms with E-state index in [0.717, 1.165) is 0 Å². The number of hydrogen-bond acceptors (Lipinski definition) is 4. The first kappa shape index (κ1) is 15.6. The number of ether oxygens (including phenoxy) is 2. The highest BCUT2D eigenvalue weighted by Gasteiger charge is 2.16. The summed E-state index contributed by atoms with van der Waals surface area (Å²) in [6, 6.07) is 6.41. The molecule has 0 radical (unpaired) electrons. The van der Waals surface area contributed by atoms with E-state index >= 15 is 0 Å². The Morgan fingerprint density at radius 2 is 1.95 bits per heavy atom. The SMILES string of the molecule is CC#CC(=O)Oc1cccc(NC(=O)OC(C)(C)C)c1. The molecule has 0 unspecified atom stereocenters. The Balaban J connectivity index is 2.70. The summed E-state index contributed by atoms with van der Waals surface area (Å²) in [6.45, 7) is 6.86. The lowest BCUT2D eigenvalue weighted by Crippen LogP contribution is -2.27. The summed E-state index contributed by atoms with van der Waals surface area (Å²) in [5.41, 5.74) is -0.112. The van der Waals surface area contributed by atoms with Crippen LogP contribution in [-0.2, 0) is 9.53 Å². The van der Waals surface area contributed by atoms with Crippen LogP contribution < -0.4 is 10.1 Å². The second kappa shape index (κ2) is 6.62. The lowest BCUT2D eigenvalue weighted by molar-refractivity contribution is -0.128. The highest BCUT2D eigenvalue weighted by atomic mass is 16.6. The topological polar surface area (TPSA) is 64.6 Å². The molecule has 20 heavy (non-hydrogen) atoms. The van der Waals surface area contributed by atoms with Gasteiger partial charge in [-0.2, -0.15) is 0 Å². The molecule has 5 nitrogen and oxygen atoms in total. The van der Waals surface area contributed by atoms with E-state index in [0.29, 0.717) is 11.4 Å². The molecular weight excluding hydrogens is 258 g/mol. The van der Waals surface area contributed by atoms with Crippen LogP contribution in [-0.4, -0.2) is 17.7 Å². The van der Waals surface area contributed by atoms with Crippen LogP contribution in [0.3, 0.4) is 0 Å². The summed E-state index contributed by atoms with van der Waals surface area (Å²) >= 11 is 0. The molecule has 106 valence electrons. The van der Waals surface area contributed by atoms with Crippen LogP contribution in [0.2, 0.25) is 0 Å². The van der Waals surface area contributed by atoms with Crippen LogP contribution in [0.4, 0.5) is 10.5 Å². The highest BCUT2D eigenvalue weighted by Crippen LogP contribution is 2.18. The minimum Gasteiger partial charge on any atom is -0.444 e. The number of rotatable bonds is 2. The summed E-state index contributed by atoms with van der Waals surface area (Å²) in [7, 11) is 0. The number of carbonyl (C=O) groups excluding carboxylic acids is 2. The van der Waals surface area contributed by atoms with Gasteiger partial charge in [0.15, 0.2) is 0 Å². The molecule has 0 aliphatic heterocycles. The molecule has 1 N–H and O–H groups in total. The molecule has 1 amide bonds. The summed E-state index contributed by atoms with van der Waals surface area (Å²) in [6.07, 6.45) is -0.575. The van der Waals surface area contributed by atoms with E-state index in [2.05, 4.69) is 17.2 Å². The molecule has 0 bridgehead atoms. The number of anilines is 1. The molecule has 0 heterocycles. The zero-order valence-corrected chi connectivity index (χ0v) is 11.9. The molecule has 0 saturated heterocycles. The van der Waals surface area contributed by atoms with E-state index in [1.165, 1.54) is 6.07 Å². The first-order valence-corrected chi connectivity index (χ1v) is 6.05. The van der Waals surface area contributed by atoms with E-state index in [1.807, 2.05) is 0 Å². The second-order valence-electron chi connectivity index (χ2n) is 4.92. The molecule has 0 saturated carbocycles. The maximum Gasteiger partial charge on any atom is 0.412 e. The van der Waals surface area contributed by atoms with Crippen LogP contribution >= 0.6 is 0 Å². The van der Waals surface area contributed by atoms with Crippen molar-refractivity contribution in [2.24, 2.45) is 0 Å². The summed E-state index contributed by atoms with van der Waals surface area (Å²) < 4.78 is 10.1. The van der Waals surface area contributed by atoms with E-state index in [9.17, 15) is 9.59 Å². The quantitative estimate of drug-likeness (QED) is 0.390. The van der Waals surface area contributed by atoms with Crippen molar-refractivity contribution in [2.75, 3.05) is 5.32 Å². The Morgan fingerprint density at radius 1 is 1.25 bits per heavy atom. The van der Waals surface area contributed by atoms with Crippen molar-refractivity contribution in [3.8, 4) is 17.6 Å². The third kappa shape index (κ3) is 5.91. The van der Waals surface area contributed by atoms with Gasteiger partial charge in [0.25, 0.3) is 0 Å². The average Bonchev–Trinajstić information content (AvgIpc) is 2.26. The van der Waals surface area contributed by atoms with Gasteiger partial charge < -0.3 is 9.47 Å². The van der Waals surface area contributed by atoms with E-state index < -0.39 is 17.7 Å². The molecule has 0 spiro atoms. The summed E-state index contributed by atoms with van der Waals surface area (Å²) in [5, 5.41) is 2.56. The minimum absolute atomic E-state index is 0.298. The minimum atomic E-state index is -0.651. The number of carbonyl (C=O) groups is 2. The van der Waals surface area contributed by atoms with Crippen molar-refractivity contribution in [3.63, 3.8) is 0 Å². The van der Waals surface area contributed by atoms with Gasteiger partial charge in [0.05, 0.1) is 0 Å². The molecule has 1 rings (SSSR count). The molecule has 0 aliphatic rings. The third-order valence-corrected chi connectivity index (χ3v) is 1.92. The van der Waals surface area contributed by atoms with E-state index in [1.54, 1.807) is 45.9 Å². The lowest BCUT2D eigenvalue weighted by Gasteiger charge is -2.19. The average molecular weight is 275 g/mol. The van der Waals surface area contributed by atoms with Crippen LogP contribution in [0.25, 0.3) is 0 Å². The fourth-order valence-electron chi connectivity index (χ4n) is 1.29. The van der Waals surface area contributed by atoms with E-state index in [4.69, 9.17) is 9.47 Å². The number of benzene rings is 1. The predicted octanol–water partition coefficient (Wildman–Crippen LogP) is 2.96. The van der Waals surface area contributed by atoms with Gasteiger partial charge in [0.1, 0.15) is 11.4 Å². The molecule has 1 aromatic carbocycles. The Bertz CT molecular complexity index is 561. The van der Waals surface area contributed by atoms with Crippen LogP contribution in [0.1, 0.15) is 27.7 Å². The normalized spacial score (nSPS) is 10.0. The maximum atomic E-state index is 11.6. The molecule has 0 aliphatic carbocycles. The first-order chi connectivity index (χ1) is 9.30. The number of esters is 1. The fraction of sp³-hybridized carbons (Fsp3) is 0.333. The van der Waals surface area contributed by atoms with Gasteiger partial charge in [-0.05, 0) is 39.8 Å². The van der Waals surface area contributed by atoms with Crippen molar-refractivity contribution < 1.29 is 19.1 Å². The fourth-order valence-corrected chi connectivity index (χ4v) is 1.29. The lowest BCUT2D eigenvalue weighted by atomic mass is 10.2. The van der Waals surface area contributed by atoms with Gasteiger partial charge in [-0.15, -0.1) is 0 Å². The van der Waals surface area contributed by atoms with Crippen LogP contribution in [0.5, 0.6) is 5.75 Å². The van der Waals surface area contributed by atoms with Crippen molar-refractivity contribution in [3.05, 3.63) is 24.3 Å². The first-order valence-electron chi connectivity index (χ1n) is 6.05. The van der Waals surface area contributed by atoms with Gasteiger partial charge in [-0.1, -0.05) is 12.0 Å². The third-order valence-electron chi connectivity index (χ3n) is 1.92. The molecule has 0 atom stereocenters.